The fraction of sp³-hybridized carbons (Fsp3) is 1.00. The zero-order chi connectivity index (χ0) is 38.1. The first-order valence-electron chi connectivity index (χ1n) is 25.4. The van der Waals surface area contributed by atoms with Gasteiger partial charge in [0.05, 0.1) is 24.4 Å². The maximum atomic E-state index is 12.3. The van der Waals surface area contributed by atoms with Crippen LogP contribution in [0.4, 0.5) is 0 Å². The number of hydrogen-bond acceptors (Lipinski definition) is 4. The maximum Gasteiger partial charge on any atom is 0.0607 e. The third-order valence-corrected chi connectivity index (χ3v) is 19.4. The first-order valence-corrected chi connectivity index (χ1v) is 25.4. The van der Waals surface area contributed by atoms with Crippen LogP contribution in [0.1, 0.15) is 188 Å². The first kappa shape index (κ1) is 41.6. The molecule has 8 aliphatic rings. The molecule has 0 amide bonds. The van der Waals surface area contributed by atoms with E-state index in [1.165, 1.54) is 141 Å². The van der Waals surface area contributed by atoms with Crippen molar-refractivity contribution in [1.82, 2.24) is 0 Å². The molecule has 8 saturated carbocycles. The molecule has 0 radical (unpaired) electrons. The molecule has 55 heavy (non-hydrogen) atoms. The number of rotatable bonds is 10. The standard InChI is InChI=1S/C51H88O4/c1-32-20-26-46(44(30-32)40-16-9-18-42(50(40)52)48-34(3)22-24-36-12-5-7-14-38(36)48)54-28-11-29-55-47-27-21-33(2)31-45(47)41-17-10-19-43(51(41)53)49-35(4)23-25-37-13-6-8-15-39(37)49/h32-53H,5-31H2,1-4H3/t32?,33?,34-,35+,36?,37?,38?,39?,40?,41?,42?,43?,44?,45?,46?,47?,48-,49?,50?,51?/m1/s1. The van der Waals surface area contributed by atoms with E-state index >= 15 is 0 Å². The van der Waals surface area contributed by atoms with Crippen LogP contribution in [-0.4, -0.2) is 47.8 Å². The summed E-state index contributed by atoms with van der Waals surface area (Å²) in [6, 6.07) is 0. The van der Waals surface area contributed by atoms with Gasteiger partial charge in [-0.2, -0.15) is 0 Å². The van der Waals surface area contributed by atoms with Crippen LogP contribution >= 0.6 is 0 Å². The molecule has 0 aromatic rings. The second-order valence-electron chi connectivity index (χ2n) is 22.5. The Bertz CT molecular complexity index is 1090. The van der Waals surface area contributed by atoms with Crippen LogP contribution in [-0.2, 0) is 9.47 Å². The summed E-state index contributed by atoms with van der Waals surface area (Å²) in [6.07, 6.45) is 33.2. The molecular formula is C51H88O4. The van der Waals surface area contributed by atoms with E-state index in [9.17, 15) is 10.2 Å². The molecular weight excluding hydrogens is 677 g/mol. The van der Waals surface area contributed by atoms with Gasteiger partial charge in [0.15, 0.2) is 0 Å². The Morgan fingerprint density at radius 3 is 1.24 bits per heavy atom. The van der Waals surface area contributed by atoms with Crippen molar-refractivity contribution in [3.05, 3.63) is 0 Å². The zero-order valence-corrected chi connectivity index (χ0v) is 36.3. The lowest BCUT2D eigenvalue weighted by Gasteiger charge is -2.53. The van der Waals surface area contributed by atoms with Crippen LogP contribution in [0.25, 0.3) is 0 Å². The van der Waals surface area contributed by atoms with E-state index in [0.717, 1.165) is 91.7 Å². The molecule has 0 aliphatic heterocycles. The smallest absolute Gasteiger partial charge is 0.0607 e. The Morgan fingerprint density at radius 1 is 0.382 bits per heavy atom. The Morgan fingerprint density at radius 2 is 0.782 bits per heavy atom. The van der Waals surface area contributed by atoms with E-state index < -0.39 is 0 Å². The van der Waals surface area contributed by atoms with Crippen molar-refractivity contribution >= 4 is 0 Å². The molecule has 0 aromatic carbocycles. The third kappa shape index (κ3) is 9.14. The quantitative estimate of drug-likeness (QED) is 0.218. The molecule has 4 heteroatoms. The Hall–Kier alpha value is -0.160. The fourth-order valence-corrected chi connectivity index (χ4v) is 16.8. The number of ether oxygens (including phenoxy) is 2. The molecule has 20 atom stereocenters. The molecule has 4 nitrogen and oxygen atoms in total. The summed E-state index contributed by atoms with van der Waals surface area (Å²) in [5.41, 5.74) is 0. The largest absolute Gasteiger partial charge is 0.393 e. The summed E-state index contributed by atoms with van der Waals surface area (Å²) < 4.78 is 13.8. The molecule has 8 aliphatic carbocycles. The molecule has 2 N–H and O–H groups in total. The van der Waals surface area contributed by atoms with E-state index in [4.69, 9.17) is 9.47 Å². The van der Waals surface area contributed by atoms with E-state index in [2.05, 4.69) is 27.7 Å². The third-order valence-electron chi connectivity index (χ3n) is 19.4. The molecule has 0 heterocycles. The average molecular weight is 765 g/mol. The predicted octanol–water partition coefficient (Wildman–Crippen LogP) is 12.3. The topological polar surface area (TPSA) is 58.9 Å². The van der Waals surface area contributed by atoms with Gasteiger partial charge in [-0.25, -0.2) is 0 Å². The van der Waals surface area contributed by atoms with E-state index in [0.29, 0.717) is 47.7 Å². The molecule has 0 spiro atoms. The summed E-state index contributed by atoms with van der Waals surface area (Å²) in [7, 11) is 0. The van der Waals surface area contributed by atoms with Crippen LogP contribution in [0.2, 0.25) is 0 Å². The molecule has 0 aromatic heterocycles. The molecule has 316 valence electrons. The Balaban J connectivity index is 0.857. The summed E-state index contributed by atoms with van der Waals surface area (Å²) in [6.45, 7) is 11.6. The minimum atomic E-state index is -0.141. The van der Waals surface area contributed by atoms with Crippen LogP contribution in [0, 0.1) is 94.7 Å². The first-order chi connectivity index (χ1) is 26.8. The highest BCUT2D eigenvalue weighted by Crippen LogP contribution is 2.56. The number of hydrogen-bond donors (Lipinski definition) is 2. The van der Waals surface area contributed by atoms with Crippen molar-refractivity contribution in [1.29, 1.82) is 0 Å². The fourth-order valence-electron chi connectivity index (χ4n) is 16.8. The highest BCUT2D eigenvalue weighted by Gasteiger charge is 2.51. The zero-order valence-electron chi connectivity index (χ0n) is 36.3. The highest BCUT2D eigenvalue weighted by atomic mass is 16.5. The van der Waals surface area contributed by atoms with Crippen LogP contribution in [0.5, 0.6) is 0 Å². The molecule has 0 saturated heterocycles. The van der Waals surface area contributed by atoms with Gasteiger partial charge in [0, 0.05) is 13.2 Å². The second-order valence-corrected chi connectivity index (χ2v) is 22.5. The van der Waals surface area contributed by atoms with Crippen LogP contribution in [0.3, 0.4) is 0 Å². The predicted molar refractivity (Wildman–Crippen MR) is 225 cm³/mol. The van der Waals surface area contributed by atoms with Crippen molar-refractivity contribution in [2.75, 3.05) is 13.2 Å². The maximum absolute atomic E-state index is 12.3. The van der Waals surface area contributed by atoms with Gasteiger partial charge >= 0.3 is 0 Å². The van der Waals surface area contributed by atoms with Gasteiger partial charge in [0.25, 0.3) is 0 Å². The SMILES string of the molecule is CC1CCC(OCCCOC2CCC(C)CC2C2CCCC([C@H]3C4CCCCC4CC[C@H]3C)C2O)C(C2CCCC(C3C4CCCCC4CC[C@@H]3C)C2O)C1. The average Bonchev–Trinajstić information content (AvgIpc) is 3.19. The minimum Gasteiger partial charge on any atom is -0.393 e. The van der Waals surface area contributed by atoms with Crippen LogP contribution < -0.4 is 0 Å². The van der Waals surface area contributed by atoms with Gasteiger partial charge in [-0.1, -0.05) is 91.9 Å². The number of fused-ring (bicyclic) bond motifs is 2. The number of aliphatic hydroxyl groups is 2. The Labute approximate surface area is 339 Å². The van der Waals surface area contributed by atoms with Gasteiger partial charge in [-0.3, -0.25) is 0 Å². The monoisotopic (exact) mass is 765 g/mol. The lowest BCUT2D eigenvalue weighted by atomic mass is 9.54. The Kier molecular flexibility index (Phi) is 14.4. The van der Waals surface area contributed by atoms with Gasteiger partial charge < -0.3 is 19.7 Å². The van der Waals surface area contributed by atoms with E-state index in [1.54, 1.807) is 0 Å². The lowest BCUT2D eigenvalue weighted by molar-refractivity contribution is -0.125. The van der Waals surface area contributed by atoms with Crippen molar-refractivity contribution in [3.8, 4) is 0 Å². The second kappa shape index (κ2) is 19.0. The molecule has 8 rings (SSSR count). The molecule has 0 bridgehead atoms. The van der Waals surface area contributed by atoms with Crippen molar-refractivity contribution in [2.45, 2.75) is 213 Å². The van der Waals surface area contributed by atoms with Gasteiger partial charge in [0.1, 0.15) is 0 Å². The summed E-state index contributed by atoms with van der Waals surface area (Å²) in [5, 5.41) is 24.7. The number of aliphatic hydroxyl groups excluding tert-OH is 2. The highest BCUT2D eigenvalue weighted by molar-refractivity contribution is 5.01. The lowest BCUT2D eigenvalue weighted by Crippen LogP contribution is -2.50. The van der Waals surface area contributed by atoms with Crippen molar-refractivity contribution in [3.63, 3.8) is 0 Å². The van der Waals surface area contributed by atoms with Crippen LogP contribution in [0.15, 0.2) is 0 Å². The molecule has 17 unspecified atom stereocenters. The normalized spacial score (nSPS) is 51.2. The van der Waals surface area contributed by atoms with Gasteiger partial charge in [-0.15, -0.1) is 0 Å². The van der Waals surface area contributed by atoms with E-state index in [1.807, 2.05) is 0 Å². The van der Waals surface area contributed by atoms with Gasteiger partial charge in [0.2, 0.25) is 0 Å². The summed E-state index contributed by atoms with van der Waals surface area (Å²) in [4.78, 5) is 0. The molecule has 8 fully saturated rings. The summed E-state index contributed by atoms with van der Waals surface area (Å²) in [5.74, 6) is 10.9. The summed E-state index contributed by atoms with van der Waals surface area (Å²) >= 11 is 0. The van der Waals surface area contributed by atoms with Gasteiger partial charge in [-0.05, 0) is 191 Å². The van der Waals surface area contributed by atoms with E-state index in [-0.39, 0.29) is 12.2 Å². The minimum absolute atomic E-state index is 0.141. The van der Waals surface area contributed by atoms with Crippen molar-refractivity contribution < 1.29 is 19.7 Å². The van der Waals surface area contributed by atoms with Crippen molar-refractivity contribution in [2.24, 2.45) is 94.7 Å².